The zero-order valence-electron chi connectivity index (χ0n) is 11.1. The van der Waals surface area contributed by atoms with Crippen LogP contribution in [0.3, 0.4) is 0 Å². The molecule has 0 aromatic carbocycles. The molecule has 2 N–H and O–H groups in total. The van der Waals surface area contributed by atoms with Crippen LogP contribution in [0, 0.1) is 5.41 Å². The molecular weight excluding hydrogens is 216 g/mol. The fourth-order valence-corrected chi connectivity index (χ4v) is 2.06. The first-order valence-corrected chi connectivity index (χ1v) is 6.52. The highest BCUT2D eigenvalue weighted by Gasteiger charge is 2.31. The molecule has 0 saturated carbocycles. The molecular formula is C13H24N2O2. The molecule has 1 heterocycles. The van der Waals surface area contributed by atoms with Gasteiger partial charge in [0.2, 0.25) is 11.8 Å². The van der Waals surface area contributed by atoms with Gasteiger partial charge in [0.15, 0.2) is 0 Å². The maximum absolute atomic E-state index is 11.4. The van der Waals surface area contributed by atoms with Crippen LogP contribution >= 0.6 is 0 Å². The fourth-order valence-electron chi connectivity index (χ4n) is 2.06. The molecule has 0 bridgehead atoms. The van der Waals surface area contributed by atoms with E-state index in [0.29, 0.717) is 0 Å². The number of carbonyl (C=O) groups excluding carboxylic acids is 2. The van der Waals surface area contributed by atoms with Crippen molar-refractivity contribution in [2.75, 3.05) is 6.54 Å². The summed E-state index contributed by atoms with van der Waals surface area (Å²) >= 11 is 0. The summed E-state index contributed by atoms with van der Waals surface area (Å²) in [6, 6.07) is -0.326. The molecule has 0 radical (unpaired) electrons. The average molecular weight is 240 g/mol. The Morgan fingerprint density at radius 1 is 1.35 bits per heavy atom. The summed E-state index contributed by atoms with van der Waals surface area (Å²) in [5.74, 6) is -0.351. The number of hydrogen-bond acceptors (Lipinski definition) is 3. The minimum atomic E-state index is -0.326. The summed E-state index contributed by atoms with van der Waals surface area (Å²) in [4.78, 5) is 22.4. The van der Waals surface area contributed by atoms with E-state index in [2.05, 4.69) is 31.4 Å². The second kappa shape index (κ2) is 6.15. The number of rotatable bonds is 7. The van der Waals surface area contributed by atoms with Crippen LogP contribution < -0.4 is 10.6 Å². The van der Waals surface area contributed by atoms with Crippen molar-refractivity contribution < 1.29 is 9.59 Å². The van der Waals surface area contributed by atoms with E-state index in [1.54, 1.807) is 0 Å². The Morgan fingerprint density at radius 2 is 2.06 bits per heavy atom. The topological polar surface area (TPSA) is 58.2 Å². The fraction of sp³-hybridized carbons (Fsp3) is 0.846. The number of imide groups is 1. The number of amides is 2. The number of unbranched alkanes of at least 4 members (excludes halogenated alkanes) is 2. The molecule has 1 aliphatic heterocycles. The monoisotopic (exact) mass is 240 g/mol. The van der Waals surface area contributed by atoms with Gasteiger partial charge in [0, 0.05) is 6.54 Å². The number of hydrogen-bond donors (Lipinski definition) is 2. The molecule has 0 aromatic heterocycles. The van der Waals surface area contributed by atoms with Gasteiger partial charge in [-0.15, -0.1) is 0 Å². The van der Waals surface area contributed by atoms with E-state index in [1.165, 1.54) is 19.3 Å². The Kier molecular flexibility index (Phi) is 5.12. The van der Waals surface area contributed by atoms with Crippen LogP contribution in [0.15, 0.2) is 0 Å². The van der Waals surface area contributed by atoms with Gasteiger partial charge in [-0.2, -0.15) is 0 Å². The van der Waals surface area contributed by atoms with E-state index >= 15 is 0 Å². The lowest BCUT2D eigenvalue weighted by atomic mass is 9.86. The lowest BCUT2D eigenvalue weighted by molar-refractivity contribution is -0.125. The summed E-state index contributed by atoms with van der Waals surface area (Å²) in [6.07, 6.45) is 5.13. The Hall–Kier alpha value is -0.900. The predicted octanol–water partition coefficient (Wildman–Crippen LogP) is 1.60. The van der Waals surface area contributed by atoms with Crippen LogP contribution in [0.1, 0.15) is 52.9 Å². The van der Waals surface area contributed by atoms with Crippen LogP contribution in [0.5, 0.6) is 0 Å². The zero-order chi connectivity index (χ0) is 12.9. The molecule has 17 heavy (non-hydrogen) atoms. The van der Waals surface area contributed by atoms with Crippen LogP contribution in [-0.4, -0.2) is 24.4 Å². The molecule has 1 aliphatic rings. The highest BCUT2D eigenvalue weighted by molar-refractivity contribution is 6.05. The molecule has 1 fully saturated rings. The Bertz CT molecular complexity index is 287. The molecule has 4 nitrogen and oxygen atoms in total. The highest BCUT2D eigenvalue weighted by atomic mass is 16.2. The largest absolute Gasteiger partial charge is 0.305 e. The normalized spacial score (nSPS) is 20.8. The average Bonchev–Trinajstić information content (AvgIpc) is 2.55. The van der Waals surface area contributed by atoms with Gasteiger partial charge < -0.3 is 5.32 Å². The highest BCUT2D eigenvalue weighted by Crippen LogP contribution is 2.23. The molecule has 1 unspecified atom stereocenters. The standard InChI is InChI=1S/C13H24N2O2/c1-4-5-6-7-13(2,3)9-14-10-8-11(16)15-12(10)17/h10,14H,4-9H2,1-3H3,(H,15,16,17). The van der Waals surface area contributed by atoms with E-state index in [1.807, 2.05) is 0 Å². The van der Waals surface area contributed by atoms with E-state index in [4.69, 9.17) is 0 Å². The van der Waals surface area contributed by atoms with Gasteiger partial charge in [-0.05, 0) is 11.8 Å². The second-order valence-corrected chi connectivity index (χ2v) is 5.67. The zero-order valence-corrected chi connectivity index (χ0v) is 11.1. The van der Waals surface area contributed by atoms with E-state index in [0.717, 1.165) is 13.0 Å². The van der Waals surface area contributed by atoms with Crippen molar-refractivity contribution in [3.05, 3.63) is 0 Å². The Balaban J connectivity index is 2.28. The van der Waals surface area contributed by atoms with Gasteiger partial charge in [-0.1, -0.05) is 40.0 Å². The molecule has 0 spiro atoms. The summed E-state index contributed by atoms with van der Waals surface area (Å²) in [6.45, 7) is 7.37. The molecule has 1 saturated heterocycles. The van der Waals surface area contributed by atoms with Gasteiger partial charge in [0.1, 0.15) is 0 Å². The lowest BCUT2D eigenvalue weighted by Gasteiger charge is -2.26. The number of nitrogens with one attached hydrogen (secondary N) is 2. The second-order valence-electron chi connectivity index (χ2n) is 5.67. The van der Waals surface area contributed by atoms with Gasteiger partial charge in [-0.25, -0.2) is 0 Å². The third-order valence-corrected chi connectivity index (χ3v) is 3.25. The van der Waals surface area contributed by atoms with Crippen molar-refractivity contribution in [2.45, 2.75) is 58.9 Å². The van der Waals surface area contributed by atoms with Gasteiger partial charge in [-0.3, -0.25) is 14.9 Å². The van der Waals surface area contributed by atoms with Gasteiger partial charge in [0.25, 0.3) is 0 Å². The quantitative estimate of drug-likeness (QED) is 0.525. The molecule has 2 amide bonds. The molecule has 1 atom stereocenters. The van der Waals surface area contributed by atoms with Crippen LogP contribution in [0.25, 0.3) is 0 Å². The Labute approximate surface area is 104 Å². The summed E-state index contributed by atoms with van der Waals surface area (Å²) in [5, 5.41) is 5.51. The van der Waals surface area contributed by atoms with E-state index in [9.17, 15) is 9.59 Å². The molecule has 0 aliphatic carbocycles. The Morgan fingerprint density at radius 3 is 2.59 bits per heavy atom. The minimum absolute atomic E-state index is 0.170. The third-order valence-electron chi connectivity index (χ3n) is 3.25. The van der Waals surface area contributed by atoms with Crippen molar-refractivity contribution in [2.24, 2.45) is 5.41 Å². The van der Waals surface area contributed by atoms with Crippen molar-refractivity contribution in [3.63, 3.8) is 0 Å². The number of carbonyl (C=O) groups is 2. The van der Waals surface area contributed by atoms with Crippen LogP contribution in [-0.2, 0) is 9.59 Å². The van der Waals surface area contributed by atoms with Crippen LogP contribution in [0.2, 0.25) is 0 Å². The SMILES string of the molecule is CCCCCC(C)(C)CNC1CC(=O)NC1=O. The minimum Gasteiger partial charge on any atom is -0.305 e. The van der Waals surface area contributed by atoms with Crippen molar-refractivity contribution >= 4 is 11.8 Å². The van der Waals surface area contributed by atoms with E-state index in [-0.39, 0.29) is 29.7 Å². The maximum Gasteiger partial charge on any atom is 0.244 e. The first-order valence-electron chi connectivity index (χ1n) is 6.52. The van der Waals surface area contributed by atoms with Crippen molar-refractivity contribution in [3.8, 4) is 0 Å². The van der Waals surface area contributed by atoms with Crippen molar-refractivity contribution in [1.29, 1.82) is 0 Å². The molecule has 1 rings (SSSR count). The first-order chi connectivity index (χ1) is 7.94. The van der Waals surface area contributed by atoms with Crippen LogP contribution in [0.4, 0.5) is 0 Å². The summed E-state index contributed by atoms with van der Waals surface area (Å²) in [5.41, 5.74) is 0.182. The molecule has 4 heteroatoms. The molecule has 98 valence electrons. The predicted molar refractivity (Wildman–Crippen MR) is 67.5 cm³/mol. The smallest absolute Gasteiger partial charge is 0.244 e. The lowest BCUT2D eigenvalue weighted by Crippen LogP contribution is -2.41. The van der Waals surface area contributed by atoms with E-state index < -0.39 is 0 Å². The summed E-state index contributed by atoms with van der Waals surface area (Å²) in [7, 11) is 0. The summed E-state index contributed by atoms with van der Waals surface area (Å²) < 4.78 is 0. The van der Waals surface area contributed by atoms with Gasteiger partial charge in [0.05, 0.1) is 12.5 Å². The maximum atomic E-state index is 11.4. The van der Waals surface area contributed by atoms with Gasteiger partial charge >= 0.3 is 0 Å². The molecule has 0 aromatic rings. The third kappa shape index (κ3) is 4.86. The van der Waals surface area contributed by atoms with Crippen molar-refractivity contribution in [1.82, 2.24) is 10.6 Å². The first kappa shape index (κ1) is 14.2.